The molecule has 1 fully saturated rings. The van der Waals surface area contributed by atoms with Crippen molar-refractivity contribution < 1.29 is 33.0 Å². The lowest BCUT2D eigenvalue weighted by atomic mass is 9.93. The first-order valence-electron chi connectivity index (χ1n) is 9.55. The first kappa shape index (κ1) is 25.5. The fourth-order valence-corrected chi connectivity index (χ4v) is 2.88. The summed E-state index contributed by atoms with van der Waals surface area (Å²) < 4.78 is 31.7. The van der Waals surface area contributed by atoms with Gasteiger partial charge in [-0.3, -0.25) is 4.79 Å². The molecule has 1 aromatic carbocycles. The molecule has 0 bridgehead atoms. The Morgan fingerprint density at radius 3 is 2.40 bits per heavy atom. The number of benzene rings is 1. The van der Waals surface area contributed by atoms with Crippen molar-refractivity contribution in [1.82, 2.24) is 9.80 Å². The summed E-state index contributed by atoms with van der Waals surface area (Å²) >= 11 is 0. The highest BCUT2D eigenvalue weighted by molar-refractivity contribution is 5.80. The lowest BCUT2D eigenvalue weighted by Gasteiger charge is -2.35. The van der Waals surface area contributed by atoms with Crippen molar-refractivity contribution in [3.05, 3.63) is 35.9 Å². The van der Waals surface area contributed by atoms with Crippen LogP contribution in [0.2, 0.25) is 0 Å². The number of carbonyl (C=O) groups is 2. The molecule has 1 amide bonds. The number of carbonyl (C=O) groups excluding carboxylic acids is 1. The molecule has 2 rings (SSSR count). The molecule has 0 radical (unpaired) electrons. The minimum Gasteiger partial charge on any atom is -0.475 e. The number of hydrogen-bond donors (Lipinski definition) is 2. The molecule has 0 saturated carbocycles. The number of hydrogen-bond acceptors (Lipinski definition) is 4. The second-order valence-corrected chi connectivity index (χ2v) is 6.96. The van der Waals surface area contributed by atoms with Crippen LogP contribution in [0.3, 0.4) is 0 Å². The number of likely N-dealkylation sites (tertiary alicyclic amines) is 1. The summed E-state index contributed by atoms with van der Waals surface area (Å²) in [5, 5.41) is 17.3. The van der Waals surface area contributed by atoms with Crippen molar-refractivity contribution in [2.75, 3.05) is 33.2 Å². The number of aliphatic hydroxyl groups is 1. The lowest BCUT2D eigenvalue weighted by molar-refractivity contribution is -0.192. The Balaban J connectivity index is 0.000000553. The quantitative estimate of drug-likeness (QED) is 0.719. The third kappa shape index (κ3) is 8.84. The van der Waals surface area contributed by atoms with Gasteiger partial charge in [0, 0.05) is 25.2 Å². The zero-order chi connectivity index (χ0) is 22.7. The number of halogens is 3. The van der Waals surface area contributed by atoms with Gasteiger partial charge in [0.05, 0.1) is 18.6 Å². The van der Waals surface area contributed by atoms with E-state index in [0.29, 0.717) is 26.1 Å². The Morgan fingerprint density at radius 1 is 1.27 bits per heavy atom. The van der Waals surface area contributed by atoms with Crippen LogP contribution in [0.25, 0.3) is 0 Å². The van der Waals surface area contributed by atoms with Crippen LogP contribution in [0.1, 0.15) is 25.3 Å². The average molecular weight is 428 g/mol. The van der Waals surface area contributed by atoms with E-state index in [1.165, 1.54) is 0 Å². The van der Waals surface area contributed by atoms with E-state index in [4.69, 9.17) is 9.90 Å². The van der Waals surface area contributed by atoms with Gasteiger partial charge in [-0.1, -0.05) is 37.0 Å². The predicted octanol–water partition coefficient (Wildman–Crippen LogP) is 2.22. The summed E-state index contributed by atoms with van der Waals surface area (Å²) in [6.07, 6.45) is -4.08. The number of carboxylic acids is 1. The maximum Gasteiger partial charge on any atom is 0.490 e. The van der Waals surface area contributed by atoms with Gasteiger partial charge >= 0.3 is 12.1 Å². The number of aliphatic carboxylic acids is 1. The molecule has 0 spiro atoms. The summed E-state index contributed by atoms with van der Waals surface area (Å²) in [4.78, 5) is 25.5. The van der Waals surface area contributed by atoms with E-state index in [0.717, 1.165) is 18.5 Å². The molecule has 1 aliphatic rings. The normalized spacial score (nSPS) is 19.0. The number of aliphatic hydroxyl groups excluding tert-OH is 1. The van der Waals surface area contributed by atoms with Crippen molar-refractivity contribution in [3.8, 4) is 11.8 Å². The molecule has 0 aromatic heterocycles. The predicted molar refractivity (Wildman–Crippen MR) is 105 cm³/mol. The highest BCUT2D eigenvalue weighted by Crippen LogP contribution is 2.19. The minimum absolute atomic E-state index is 0.0215. The Kier molecular flexibility index (Phi) is 10.4. The van der Waals surface area contributed by atoms with E-state index in [1.807, 2.05) is 44.3 Å². The number of amides is 1. The van der Waals surface area contributed by atoms with E-state index < -0.39 is 18.2 Å². The number of piperidine rings is 1. The Morgan fingerprint density at radius 2 is 1.87 bits per heavy atom. The van der Waals surface area contributed by atoms with Crippen molar-refractivity contribution in [1.29, 1.82) is 0 Å². The van der Waals surface area contributed by atoms with Crippen molar-refractivity contribution in [3.63, 3.8) is 0 Å². The minimum atomic E-state index is -5.08. The maximum absolute atomic E-state index is 12.8. The first-order chi connectivity index (χ1) is 14.1. The third-order valence-corrected chi connectivity index (χ3v) is 4.42. The van der Waals surface area contributed by atoms with E-state index >= 15 is 0 Å². The molecule has 1 aliphatic heterocycles. The average Bonchev–Trinajstić information content (AvgIpc) is 2.69. The number of alkyl halides is 3. The molecular weight excluding hydrogens is 401 g/mol. The van der Waals surface area contributed by atoms with Gasteiger partial charge in [-0.05, 0) is 32.0 Å². The molecule has 0 aliphatic carbocycles. The summed E-state index contributed by atoms with van der Waals surface area (Å²) in [6.45, 7) is 4.59. The summed E-state index contributed by atoms with van der Waals surface area (Å²) in [6, 6.07) is 9.77. The van der Waals surface area contributed by atoms with Gasteiger partial charge in [-0.2, -0.15) is 13.2 Å². The maximum atomic E-state index is 12.8. The van der Waals surface area contributed by atoms with Crippen LogP contribution < -0.4 is 0 Å². The second kappa shape index (κ2) is 12.2. The molecule has 9 heteroatoms. The molecule has 1 saturated heterocycles. The van der Waals surface area contributed by atoms with Crippen LogP contribution in [-0.4, -0.2) is 77.4 Å². The van der Waals surface area contributed by atoms with Gasteiger partial charge in [0.15, 0.2) is 0 Å². The summed E-state index contributed by atoms with van der Waals surface area (Å²) in [5.74, 6) is 3.12. The molecule has 166 valence electrons. The molecule has 2 atom stereocenters. The van der Waals surface area contributed by atoms with Crippen LogP contribution in [0.4, 0.5) is 13.2 Å². The fourth-order valence-electron chi connectivity index (χ4n) is 2.88. The number of carboxylic acid groups (broad SMARTS) is 1. The van der Waals surface area contributed by atoms with Gasteiger partial charge in [0.2, 0.25) is 5.91 Å². The standard InChI is InChI=1S/C19H26N2O2.C2HF3O2/c1-3-12-21(13-7-10-16-8-5-4-6-9-16)19(23)17-15-20(2)14-11-18(17)22;3-2(4,5)1(6)7/h4-6,8-9,17-18,22H,3,11-15H2,1-2H3;(H,6,7)/t17-,18-;/m1./s1. The van der Waals surface area contributed by atoms with Crippen LogP contribution in [0, 0.1) is 17.8 Å². The Bertz CT molecular complexity index is 744. The van der Waals surface area contributed by atoms with Gasteiger partial charge in [0.1, 0.15) is 0 Å². The van der Waals surface area contributed by atoms with Crippen LogP contribution >= 0.6 is 0 Å². The topological polar surface area (TPSA) is 81.1 Å². The summed E-state index contributed by atoms with van der Waals surface area (Å²) in [7, 11) is 1.99. The third-order valence-electron chi connectivity index (χ3n) is 4.42. The zero-order valence-corrected chi connectivity index (χ0v) is 17.0. The monoisotopic (exact) mass is 428 g/mol. The van der Waals surface area contributed by atoms with E-state index in [2.05, 4.69) is 16.7 Å². The first-order valence-corrected chi connectivity index (χ1v) is 9.55. The second-order valence-electron chi connectivity index (χ2n) is 6.96. The van der Waals surface area contributed by atoms with Crippen LogP contribution in [0.5, 0.6) is 0 Å². The molecule has 1 heterocycles. The number of nitrogens with zero attached hydrogens (tertiary/aromatic N) is 2. The highest BCUT2D eigenvalue weighted by atomic mass is 19.4. The SMILES string of the molecule is CCCN(CC#Cc1ccccc1)C(=O)[C@@H]1CN(C)CC[C@H]1O.O=C(O)C(F)(F)F. The smallest absolute Gasteiger partial charge is 0.475 e. The van der Waals surface area contributed by atoms with Crippen molar-refractivity contribution >= 4 is 11.9 Å². The van der Waals surface area contributed by atoms with E-state index in [9.17, 15) is 23.1 Å². The Hall–Kier alpha value is -2.57. The van der Waals surface area contributed by atoms with Gasteiger partial charge in [-0.15, -0.1) is 0 Å². The summed E-state index contributed by atoms with van der Waals surface area (Å²) in [5.41, 5.74) is 0.953. The van der Waals surface area contributed by atoms with Crippen LogP contribution in [-0.2, 0) is 9.59 Å². The molecular formula is C21H27F3N2O4. The van der Waals surface area contributed by atoms with Crippen molar-refractivity contribution in [2.24, 2.45) is 5.92 Å². The van der Waals surface area contributed by atoms with Crippen LogP contribution in [0.15, 0.2) is 30.3 Å². The highest BCUT2D eigenvalue weighted by Gasteiger charge is 2.38. The van der Waals surface area contributed by atoms with E-state index in [-0.39, 0.29) is 11.8 Å². The molecule has 2 N–H and O–H groups in total. The van der Waals surface area contributed by atoms with Gasteiger partial charge in [0.25, 0.3) is 0 Å². The lowest BCUT2D eigenvalue weighted by Crippen LogP contribution is -2.50. The number of rotatable bonds is 4. The molecule has 30 heavy (non-hydrogen) atoms. The molecule has 6 nitrogen and oxygen atoms in total. The zero-order valence-electron chi connectivity index (χ0n) is 17.0. The Labute approximate surface area is 174 Å². The fraction of sp³-hybridized carbons (Fsp3) is 0.524. The molecule has 0 unspecified atom stereocenters. The molecule has 1 aromatic rings. The van der Waals surface area contributed by atoms with Gasteiger partial charge < -0.3 is 20.0 Å². The van der Waals surface area contributed by atoms with Crippen molar-refractivity contribution in [2.45, 2.75) is 32.0 Å². The largest absolute Gasteiger partial charge is 0.490 e. The van der Waals surface area contributed by atoms with Gasteiger partial charge in [-0.25, -0.2) is 4.79 Å². The van der Waals surface area contributed by atoms with E-state index in [1.54, 1.807) is 4.90 Å².